The third-order valence-corrected chi connectivity index (χ3v) is 2.33. The second-order valence-corrected chi connectivity index (χ2v) is 3.24. The standard InChI is InChI=1S/C8H6BrFO2/c1-4-2-7(10)5(8(11)12)3-6(4)9/h2-3H,1H3,(H,11,12). The third-order valence-electron chi connectivity index (χ3n) is 1.48. The first-order chi connectivity index (χ1) is 5.52. The number of carboxylic acid groups (broad SMARTS) is 1. The van der Waals surface area contributed by atoms with E-state index in [0.717, 1.165) is 0 Å². The highest BCUT2D eigenvalue weighted by molar-refractivity contribution is 9.10. The number of hydrogen-bond acceptors (Lipinski definition) is 1. The van der Waals surface area contributed by atoms with Crippen molar-refractivity contribution in [2.24, 2.45) is 0 Å². The van der Waals surface area contributed by atoms with Crippen LogP contribution < -0.4 is 0 Å². The molecule has 0 aliphatic carbocycles. The lowest BCUT2D eigenvalue weighted by molar-refractivity contribution is 0.0692. The highest BCUT2D eigenvalue weighted by atomic mass is 79.9. The summed E-state index contributed by atoms with van der Waals surface area (Å²) in [4.78, 5) is 10.4. The molecule has 0 aliphatic rings. The highest BCUT2D eigenvalue weighted by Gasteiger charge is 2.11. The van der Waals surface area contributed by atoms with Gasteiger partial charge in [-0.3, -0.25) is 0 Å². The number of halogens is 2. The van der Waals surface area contributed by atoms with E-state index in [4.69, 9.17) is 5.11 Å². The second-order valence-electron chi connectivity index (χ2n) is 2.39. The van der Waals surface area contributed by atoms with Crippen molar-refractivity contribution in [3.05, 3.63) is 33.5 Å². The quantitative estimate of drug-likeness (QED) is 0.809. The van der Waals surface area contributed by atoms with Crippen molar-refractivity contribution in [1.82, 2.24) is 0 Å². The topological polar surface area (TPSA) is 37.3 Å². The Kier molecular flexibility index (Phi) is 2.47. The van der Waals surface area contributed by atoms with Crippen LogP contribution in [0.5, 0.6) is 0 Å². The highest BCUT2D eigenvalue weighted by Crippen LogP contribution is 2.20. The van der Waals surface area contributed by atoms with Gasteiger partial charge in [0.15, 0.2) is 0 Å². The van der Waals surface area contributed by atoms with Gasteiger partial charge in [-0.2, -0.15) is 0 Å². The molecule has 0 spiro atoms. The Morgan fingerprint density at radius 1 is 1.58 bits per heavy atom. The molecular formula is C8H6BrFO2. The van der Waals surface area contributed by atoms with Crippen LogP contribution in [0.25, 0.3) is 0 Å². The van der Waals surface area contributed by atoms with Gasteiger partial charge in [-0.15, -0.1) is 0 Å². The van der Waals surface area contributed by atoms with Gasteiger partial charge in [-0.25, -0.2) is 9.18 Å². The van der Waals surface area contributed by atoms with Crippen LogP contribution in [0.15, 0.2) is 16.6 Å². The molecule has 0 radical (unpaired) electrons. The summed E-state index contributed by atoms with van der Waals surface area (Å²) in [6.07, 6.45) is 0. The van der Waals surface area contributed by atoms with Gasteiger partial charge in [-0.05, 0) is 24.6 Å². The molecule has 1 aromatic rings. The Morgan fingerprint density at radius 2 is 2.17 bits per heavy atom. The normalized spacial score (nSPS) is 9.92. The van der Waals surface area contributed by atoms with Crippen LogP contribution in [0.2, 0.25) is 0 Å². The minimum absolute atomic E-state index is 0.313. The van der Waals surface area contributed by atoms with E-state index >= 15 is 0 Å². The van der Waals surface area contributed by atoms with Gasteiger partial charge < -0.3 is 5.11 Å². The largest absolute Gasteiger partial charge is 0.478 e. The van der Waals surface area contributed by atoms with Gasteiger partial charge in [-0.1, -0.05) is 15.9 Å². The Labute approximate surface area is 77.2 Å². The summed E-state index contributed by atoms with van der Waals surface area (Å²) in [6.45, 7) is 1.69. The Bertz CT molecular complexity index is 336. The lowest BCUT2D eigenvalue weighted by atomic mass is 10.1. The molecule has 0 aromatic heterocycles. The molecule has 0 bridgehead atoms. The fraction of sp³-hybridized carbons (Fsp3) is 0.125. The molecule has 0 unspecified atom stereocenters. The van der Waals surface area contributed by atoms with E-state index in [1.54, 1.807) is 6.92 Å². The number of benzene rings is 1. The molecule has 0 aliphatic heterocycles. The van der Waals surface area contributed by atoms with Gasteiger partial charge in [0.2, 0.25) is 0 Å². The van der Waals surface area contributed by atoms with E-state index in [0.29, 0.717) is 10.0 Å². The molecule has 64 valence electrons. The molecule has 0 saturated carbocycles. The van der Waals surface area contributed by atoms with E-state index in [1.165, 1.54) is 12.1 Å². The first kappa shape index (κ1) is 9.19. The maximum Gasteiger partial charge on any atom is 0.338 e. The summed E-state index contributed by atoms with van der Waals surface area (Å²) in [5.41, 5.74) is 0.366. The van der Waals surface area contributed by atoms with E-state index in [9.17, 15) is 9.18 Å². The monoisotopic (exact) mass is 232 g/mol. The number of carboxylic acids is 1. The number of aryl methyl sites for hydroxylation is 1. The zero-order valence-electron chi connectivity index (χ0n) is 6.27. The average Bonchev–Trinajstić information content (AvgIpc) is 1.96. The first-order valence-corrected chi connectivity index (χ1v) is 4.00. The summed E-state index contributed by atoms with van der Waals surface area (Å²) in [5, 5.41) is 8.52. The van der Waals surface area contributed by atoms with Gasteiger partial charge in [0.05, 0.1) is 5.56 Å². The molecule has 2 nitrogen and oxygen atoms in total. The molecule has 0 atom stereocenters. The van der Waals surface area contributed by atoms with Crippen LogP contribution in [0, 0.1) is 12.7 Å². The van der Waals surface area contributed by atoms with Crippen molar-refractivity contribution in [2.45, 2.75) is 6.92 Å². The molecule has 0 saturated heterocycles. The third kappa shape index (κ3) is 1.64. The van der Waals surface area contributed by atoms with Crippen LogP contribution >= 0.6 is 15.9 Å². The van der Waals surface area contributed by atoms with Crippen LogP contribution in [-0.2, 0) is 0 Å². The number of carbonyl (C=O) groups is 1. The Balaban J connectivity index is 3.33. The zero-order chi connectivity index (χ0) is 9.30. The summed E-state index contributed by atoms with van der Waals surface area (Å²) in [5.74, 6) is -1.96. The molecule has 0 amide bonds. The van der Waals surface area contributed by atoms with Crippen molar-refractivity contribution in [2.75, 3.05) is 0 Å². The molecule has 1 rings (SSSR count). The van der Waals surface area contributed by atoms with Crippen molar-refractivity contribution >= 4 is 21.9 Å². The molecule has 1 aromatic carbocycles. The molecule has 0 heterocycles. The van der Waals surface area contributed by atoms with Gasteiger partial charge >= 0.3 is 5.97 Å². The first-order valence-electron chi connectivity index (χ1n) is 3.21. The minimum atomic E-state index is -1.26. The predicted molar refractivity (Wildman–Crippen MR) is 45.8 cm³/mol. The fourth-order valence-corrected chi connectivity index (χ4v) is 1.15. The molecule has 4 heteroatoms. The van der Waals surface area contributed by atoms with Gasteiger partial charge in [0.25, 0.3) is 0 Å². The molecule has 1 N–H and O–H groups in total. The zero-order valence-corrected chi connectivity index (χ0v) is 7.85. The molecular weight excluding hydrogens is 227 g/mol. The lowest BCUT2D eigenvalue weighted by Gasteiger charge is -2.01. The van der Waals surface area contributed by atoms with Crippen LogP contribution in [0.1, 0.15) is 15.9 Å². The van der Waals surface area contributed by atoms with Crippen LogP contribution in [0.3, 0.4) is 0 Å². The molecule has 0 fully saturated rings. The van der Waals surface area contributed by atoms with E-state index in [-0.39, 0.29) is 5.56 Å². The van der Waals surface area contributed by atoms with Crippen LogP contribution in [0.4, 0.5) is 4.39 Å². The van der Waals surface area contributed by atoms with Gasteiger partial charge in [0.1, 0.15) is 5.82 Å². The van der Waals surface area contributed by atoms with E-state index in [2.05, 4.69) is 15.9 Å². The van der Waals surface area contributed by atoms with Crippen molar-refractivity contribution in [1.29, 1.82) is 0 Å². The Hall–Kier alpha value is -0.900. The number of rotatable bonds is 1. The van der Waals surface area contributed by atoms with Gasteiger partial charge in [0, 0.05) is 4.47 Å². The maximum atomic E-state index is 12.9. The van der Waals surface area contributed by atoms with Crippen molar-refractivity contribution in [3.8, 4) is 0 Å². The predicted octanol–water partition coefficient (Wildman–Crippen LogP) is 2.59. The summed E-state index contributed by atoms with van der Waals surface area (Å²) < 4.78 is 13.5. The van der Waals surface area contributed by atoms with Crippen molar-refractivity contribution < 1.29 is 14.3 Å². The van der Waals surface area contributed by atoms with E-state index < -0.39 is 11.8 Å². The van der Waals surface area contributed by atoms with Crippen LogP contribution in [-0.4, -0.2) is 11.1 Å². The SMILES string of the molecule is Cc1cc(F)c(C(=O)O)cc1Br. The average molecular weight is 233 g/mol. The second kappa shape index (κ2) is 3.23. The summed E-state index contributed by atoms with van der Waals surface area (Å²) >= 11 is 3.12. The van der Waals surface area contributed by atoms with Crippen molar-refractivity contribution in [3.63, 3.8) is 0 Å². The number of hydrogen-bond donors (Lipinski definition) is 1. The van der Waals surface area contributed by atoms with E-state index in [1.807, 2.05) is 0 Å². The maximum absolute atomic E-state index is 12.9. The Morgan fingerprint density at radius 3 is 2.67 bits per heavy atom. The lowest BCUT2D eigenvalue weighted by Crippen LogP contribution is -2.00. The summed E-state index contributed by atoms with van der Waals surface area (Å²) in [6, 6.07) is 2.44. The smallest absolute Gasteiger partial charge is 0.338 e. The molecule has 12 heavy (non-hydrogen) atoms. The fourth-order valence-electron chi connectivity index (χ4n) is 0.810. The summed E-state index contributed by atoms with van der Waals surface area (Å²) in [7, 11) is 0. The number of aromatic carboxylic acids is 1. The minimum Gasteiger partial charge on any atom is -0.478 e.